The van der Waals surface area contributed by atoms with Gasteiger partial charge < -0.3 is 15.2 Å². The monoisotopic (exact) mass is 277 g/mol. The van der Waals surface area contributed by atoms with Crippen molar-refractivity contribution in [3.05, 3.63) is 29.8 Å². The Morgan fingerprint density at radius 3 is 2.80 bits per heavy atom. The fourth-order valence-electron chi connectivity index (χ4n) is 2.79. The molecule has 112 valence electrons. The topological polar surface area (TPSA) is 41.5 Å². The first-order chi connectivity index (χ1) is 9.72. The lowest BCUT2D eigenvalue weighted by molar-refractivity contribution is 0.00619. The first-order valence-corrected chi connectivity index (χ1v) is 7.89. The van der Waals surface area contributed by atoms with Crippen molar-refractivity contribution >= 4 is 0 Å². The van der Waals surface area contributed by atoms with Crippen LogP contribution in [-0.2, 0) is 0 Å². The van der Waals surface area contributed by atoms with Crippen molar-refractivity contribution in [3.63, 3.8) is 0 Å². The maximum atomic E-state index is 10.1. The minimum absolute atomic E-state index is 0.0525. The third kappa shape index (κ3) is 3.97. The largest absolute Gasteiger partial charge is 0.487 e. The molecule has 0 spiro atoms. The quantitative estimate of drug-likeness (QED) is 0.837. The predicted octanol–water partition coefficient (Wildman–Crippen LogP) is 3.43. The zero-order valence-electron chi connectivity index (χ0n) is 12.6. The van der Waals surface area contributed by atoms with E-state index in [0.29, 0.717) is 0 Å². The molecule has 2 rings (SSSR count). The Morgan fingerprint density at radius 1 is 1.30 bits per heavy atom. The molecule has 0 bridgehead atoms. The Kier molecular flexibility index (Phi) is 5.86. The lowest BCUT2D eigenvalue weighted by Crippen LogP contribution is -2.35. The highest BCUT2D eigenvalue weighted by Gasteiger charge is 2.25. The normalized spacial score (nSPS) is 24.4. The van der Waals surface area contributed by atoms with E-state index in [4.69, 9.17) is 4.74 Å². The maximum Gasteiger partial charge on any atom is 0.124 e. The van der Waals surface area contributed by atoms with Crippen molar-refractivity contribution < 1.29 is 9.84 Å². The molecule has 20 heavy (non-hydrogen) atoms. The summed E-state index contributed by atoms with van der Waals surface area (Å²) < 4.78 is 6.11. The van der Waals surface area contributed by atoms with Gasteiger partial charge in [-0.15, -0.1) is 0 Å². The van der Waals surface area contributed by atoms with Gasteiger partial charge in [0, 0.05) is 11.6 Å². The van der Waals surface area contributed by atoms with Gasteiger partial charge in [-0.25, -0.2) is 0 Å². The van der Waals surface area contributed by atoms with Crippen LogP contribution in [0.2, 0.25) is 0 Å². The highest BCUT2D eigenvalue weighted by Crippen LogP contribution is 2.29. The maximum absolute atomic E-state index is 10.1. The van der Waals surface area contributed by atoms with E-state index < -0.39 is 0 Å². The summed E-state index contributed by atoms with van der Waals surface area (Å²) in [6.45, 7) is 5.33. The number of aliphatic hydroxyl groups is 1. The summed E-state index contributed by atoms with van der Waals surface area (Å²) in [5.41, 5.74) is 1.18. The number of rotatable bonds is 6. The molecular weight excluding hydrogens is 250 g/mol. The van der Waals surface area contributed by atoms with E-state index in [-0.39, 0.29) is 18.2 Å². The van der Waals surface area contributed by atoms with Crippen molar-refractivity contribution in [2.45, 2.75) is 64.2 Å². The summed E-state index contributed by atoms with van der Waals surface area (Å²) in [6.07, 6.45) is 4.81. The lowest BCUT2D eigenvalue weighted by atomic mass is 9.94. The number of benzene rings is 1. The minimum Gasteiger partial charge on any atom is -0.487 e. The van der Waals surface area contributed by atoms with Gasteiger partial charge in [0.1, 0.15) is 11.9 Å². The molecule has 1 aromatic rings. The highest BCUT2D eigenvalue weighted by atomic mass is 16.5. The van der Waals surface area contributed by atoms with E-state index >= 15 is 0 Å². The Labute approximate surface area is 122 Å². The molecule has 3 atom stereocenters. The minimum atomic E-state index is -0.323. The van der Waals surface area contributed by atoms with Gasteiger partial charge in [-0.05, 0) is 45.2 Å². The van der Waals surface area contributed by atoms with Gasteiger partial charge in [0.25, 0.3) is 0 Å². The molecule has 3 nitrogen and oxygen atoms in total. The first kappa shape index (κ1) is 15.3. The van der Waals surface area contributed by atoms with Gasteiger partial charge in [0.05, 0.1) is 6.10 Å². The predicted molar refractivity (Wildman–Crippen MR) is 82.0 cm³/mol. The molecule has 1 saturated carbocycles. The van der Waals surface area contributed by atoms with Gasteiger partial charge in [-0.3, -0.25) is 0 Å². The second-order valence-corrected chi connectivity index (χ2v) is 5.72. The van der Waals surface area contributed by atoms with E-state index in [1.807, 2.05) is 18.2 Å². The van der Waals surface area contributed by atoms with Crippen LogP contribution >= 0.6 is 0 Å². The summed E-state index contributed by atoms with van der Waals surface area (Å²) in [7, 11) is 0. The van der Waals surface area contributed by atoms with Crippen LogP contribution in [0.4, 0.5) is 0 Å². The van der Waals surface area contributed by atoms with Gasteiger partial charge in [0.2, 0.25) is 0 Å². The van der Waals surface area contributed by atoms with Gasteiger partial charge in [-0.2, -0.15) is 0 Å². The summed E-state index contributed by atoms with van der Waals surface area (Å²) >= 11 is 0. The van der Waals surface area contributed by atoms with E-state index in [1.54, 1.807) is 0 Å². The second kappa shape index (κ2) is 7.65. The van der Waals surface area contributed by atoms with Crippen molar-refractivity contribution in [1.82, 2.24) is 5.32 Å². The summed E-state index contributed by atoms with van der Waals surface area (Å²) in [5, 5.41) is 13.6. The molecule has 3 heteroatoms. The van der Waals surface area contributed by atoms with E-state index in [2.05, 4.69) is 25.2 Å². The molecular formula is C17H27NO2. The molecule has 1 fully saturated rings. The van der Waals surface area contributed by atoms with Crippen LogP contribution < -0.4 is 10.1 Å². The molecule has 3 unspecified atom stereocenters. The van der Waals surface area contributed by atoms with Gasteiger partial charge in [0.15, 0.2) is 0 Å². The van der Waals surface area contributed by atoms with Crippen LogP contribution in [0.1, 0.15) is 57.6 Å². The molecule has 1 aromatic carbocycles. The third-order valence-electron chi connectivity index (χ3n) is 4.03. The average Bonchev–Trinajstić information content (AvgIpc) is 2.48. The first-order valence-electron chi connectivity index (χ1n) is 7.89. The fraction of sp³-hybridized carbons (Fsp3) is 0.647. The molecule has 0 saturated heterocycles. The van der Waals surface area contributed by atoms with Crippen molar-refractivity contribution in [2.24, 2.45) is 0 Å². The molecule has 0 aromatic heterocycles. The Hall–Kier alpha value is -1.06. The zero-order valence-corrected chi connectivity index (χ0v) is 12.6. The molecule has 0 amide bonds. The second-order valence-electron chi connectivity index (χ2n) is 5.72. The molecule has 1 aliphatic rings. The fourth-order valence-corrected chi connectivity index (χ4v) is 2.79. The average molecular weight is 277 g/mol. The van der Waals surface area contributed by atoms with E-state index in [1.165, 1.54) is 5.56 Å². The number of hydrogen-bond acceptors (Lipinski definition) is 3. The van der Waals surface area contributed by atoms with Crippen LogP contribution in [0, 0.1) is 0 Å². The van der Waals surface area contributed by atoms with Crippen LogP contribution in [0.3, 0.4) is 0 Å². The molecule has 1 aliphatic carbocycles. The summed E-state index contributed by atoms with van der Waals surface area (Å²) in [4.78, 5) is 0. The summed E-state index contributed by atoms with van der Waals surface area (Å²) in [6, 6.07) is 8.44. The van der Waals surface area contributed by atoms with E-state index in [9.17, 15) is 5.11 Å². The Morgan fingerprint density at radius 2 is 2.05 bits per heavy atom. The molecule has 2 N–H and O–H groups in total. The third-order valence-corrected chi connectivity index (χ3v) is 4.03. The van der Waals surface area contributed by atoms with Gasteiger partial charge >= 0.3 is 0 Å². The molecule has 0 aliphatic heterocycles. The number of hydrogen-bond donors (Lipinski definition) is 2. The van der Waals surface area contributed by atoms with Gasteiger partial charge in [-0.1, -0.05) is 31.5 Å². The van der Waals surface area contributed by atoms with Crippen LogP contribution in [-0.4, -0.2) is 23.9 Å². The molecule has 0 radical (unpaired) electrons. The van der Waals surface area contributed by atoms with Crippen LogP contribution in [0.15, 0.2) is 24.3 Å². The SMILES string of the molecule is CCCNC(C)c1ccccc1OC1CCCCC1O. The lowest BCUT2D eigenvalue weighted by Gasteiger charge is -2.29. The van der Waals surface area contributed by atoms with Crippen LogP contribution in [0.25, 0.3) is 0 Å². The number of para-hydroxylation sites is 1. The molecule has 0 heterocycles. The number of nitrogens with one attached hydrogen (secondary N) is 1. The smallest absolute Gasteiger partial charge is 0.124 e. The van der Waals surface area contributed by atoms with Crippen LogP contribution in [0.5, 0.6) is 5.75 Å². The van der Waals surface area contributed by atoms with Crippen molar-refractivity contribution in [3.8, 4) is 5.75 Å². The number of ether oxygens (including phenoxy) is 1. The zero-order chi connectivity index (χ0) is 14.4. The standard InChI is InChI=1S/C17H27NO2/c1-3-12-18-13(2)14-8-4-6-10-16(14)20-17-11-7-5-9-15(17)19/h4,6,8,10,13,15,17-19H,3,5,7,9,11-12H2,1-2H3. The Balaban J connectivity index is 2.06. The van der Waals surface area contributed by atoms with Crippen molar-refractivity contribution in [2.75, 3.05) is 6.54 Å². The highest BCUT2D eigenvalue weighted by molar-refractivity contribution is 5.36. The summed E-state index contributed by atoms with van der Waals surface area (Å²) in [5.74, 6) is 0.912. The number of aliphatic hydroxyl groups excluding tert-OH is 1. The van der Waals surface area contributed by atoms with Crippen molar-refractivity contribution in [1.29, 1.82) is 0 Å². The van der Waals surface area contributed by atoms with E-state index in [0.717, 1.165) is 44.4 Å². The Bertz CT molecular complexity index is 408.